The molecular formula is C16H23ClN4O5S. The Labute approximate surface area is 164 Å². The lowest BCUT2D eigenvalue weighted by Crippen LogP contribution is -2.55. The van der Waals surface area contributed by atoms with Crippen molar-refractivity contribution < 1.29 is 18.1 Å². The number of nitro benzene ring substituents is 1. The van der Waals surface area contributed by atoms with Gasteiger partial charge in [-0.05, 0) is 31.1 Å². The molecule has 11 heteroatoms. The van der Waals surface area contributed by atoms with Gasteiger partial charge in [0.1, 0.15) is 0 Å². The summed E-state index contributed by atoms with van der Waals surface area (Å²) in [6.07, 6.45) is 0. The monoisotopic (exact) mass is 418 g/mol. The van der Waals surface area contributed by atoms with E-state index in [1.165, 1.54) is 28.6 Å². The number of sulfonamides is 1. The normalized spacial score (nSPS) is 19.7. The number of nitro groups is 1. The maximum Gasteiger partial charge on any atom is 0.269 e. The van der Waals surface area contributed by atoms with Crippen LogP contribution in [0.15, 0.2) is 29.2 Å². The third-order valence-electron chi connectivity index (χ3n) is 5.15. The van der Waals surface area contributed by atoms with Gasteiger partial charge in [0, 0.05) is 44.2 Å². The van der Waals surface area contributed by atoms with Crippen LogP contribution in [0.5, 0.6) is 0 Å². The van der Waals surface area contributed by atoms with E-state index < -0.39 is 14.9 Å². The Kier molecular flexibility index (Phi) is 6.79. The van der Waals surface area contributed by atoms with Crippen molar-refractivity contribution in [3.8, 4) is 0 Å². The molecule has 2 fully saturated rings. The van der Waals surface area contributed by atoms with Crippen molar-refractivity contribution in [3.63, 3.8) is 0 Å². The average molecular weight is 419 g/mol. The number of hydrogen-bond acceptors (Lipinski definition) is 6. The van der Waals surface area contributed by atoms with E-state index in [1.807, 2.05) is 6.92 Å². The quantitative estimate of drug-likeness (QED) is 0.556. The molecular weight excluding hydrogens is 396 g/mol. The molecule has 1 aromatic rings. The zero-order valence-corrected chi connectivity index (χ0v) is 16.5. The Morgan fingerprint density at radius 3 is 2.19 bits per heavy atom. The SMILES string of the molecule is CC(C(=O)N1CCN(S(=O)(=O)c2ccc([N+](=O)[O-])cc2)CC1)C1CNC1.Cl. The van der Waals surface area contributed by atoms with Gasteiger partial charge in [-0.25, -0.2) is 8.42 Å². The lowest BCUT2D eigenvalue weighted by molar-refractivity contribution is -0.384. The Bertz CT molecular complexity index is 790. The first-order chi connectivity index (χ1) is 12.3. The number of benzene rings is 1. The van der Waals surface area contributed by atoms with Crippen molar-refractivity contribution in [2.45, 2.75) is 11.8 Å². The first-order valence-corrected chi connectivity index (χ1v) is 9.99. The third-order valence-corrected chi connectivity index (χ3v) is 7.06. The van der Waals surface area contributed by atoms with Gasteiger partial charge < -0.3 is 10.2 Å². The number of carbonyl (C=O) groups excluding carboxylic acids is 1. The highest BCUT2D eigenvalue weighted by molar-refractivity contribution is 7.89. The summed E-state index contributed by atoms with van der Waals surface area (Å²) in [5.41, 5.74) is -0.154. The summed E-state index contributed by atoms with van der Waals surface area (Å²) in [4.78, 5) is 24.4. The van der Waals surface area contributed by atoms with Gasteiger partial charge in [0.05, 0.1) is 9.82 Å². The molecule has 0 radical (unpaired) electrons. The van der Waals surface area contributed by atoms with E-state index in [9.17, 15) is 23.3 Å². The second-order valence-electron chi connectivity index (χ2n) is 6.69. The first-order valence-electron chi connectivity index (χ1n) is 8.55. The smallest absolute Gasteiger partial charge is 0.269 e. The van der Waals surface area contributed by atoms with Crippen LogP contribution in [0.1, 0.15) is 6.92 Å². The highest BCUT2D eigenvalue weighted by Gasteiger charge is 2.35. The summed E-state index contributed by atoms with van der Waals surface area (Å²) >= 11 is 0. The second-order valence-corrected chi connectivity index (χ2v) is 8.63. The van der Waals surface area contributed by atoms with Gasteiger partial charge in [0.25, 0.3) is 5.69 Å². The van der Waals surface area contributed by atoms with E-state index >= 15 is 0 Å². The van der Waals surface area contributed by atoms with Gasteiger partial charge in [-0.2, -0.15) is 4.31 Å². The Morgan fingerprint density at radius 1 is 1.19 bits per heavy atom. The highest BCUT2D eigenvalue weighted by Crippen LogP contribution is 2.23. The van der Waals surface area contributed by atoms with Crippen LogP contribution >= 0.6 is 12.4 Å². The van der Waals surface area contributed by atoms with Crippen LogP contribution in [0.2, 0.25) is 0 Å². The zero-order chi connectivity index (χ0) is 18.9. The van der Waals surface area contributed by atoms with Crippen molar-refractivity contribution in [1.29, 1.82) is 0 Å². The number of hydrogen-bond donors (Lipinski definition) is 1. The van der Waals surface area contributed by atoms with E-state index in [4.69, 9.17) is 0 Å². The maximum absolute atomic E-state index is 12.7. The molecule has 2 aliphatic rings. The maximum atomic E-state index is 12.7. The van der Waals surface area contributed by atoms with Crippen LogP contribution in [-0.4, -0.2) is 67.7 Å². The molecule has 2 heterocycles. The average Bonchev–Trinajstić information content (AvgIpc) is 2.59. The summed E-state index contributed by atoms with van der Waals surface area (Å²) < 4.78 is 26.7. The number of nitrogens with one attached hydrogen (secondary N) is 1. The molecule has 0 saturated carbocycles. The van der Waals surface area contributed by atoms with Crippen LogP contribution in [0.3, 0.4) is 0 Å². The van der Waals surface area contributed by atoms with Crippen molar-refractivity contribution >= 4 is 34.0 Å². The number of rotatable bonds is 5. The Hall–Kier alpha value is -1.75. The summed E-state index contributed by atoms with van der Waals surface area (Å²) in [6, 6.07) is 4.86. The number of nitrogens with zero attached hydrogens (tertiary/aromatic N) is 3. The highest BCUT2D eigenvalue weighted by atomic mass is 35.5. The fourth-order valence-electron chi connectivity index (χ4n) is 3.19. The van der Waals surface area contributed by atoms with Crippen LogP contribution in [-0.2, 0) is 14.8 Å². The molecule has 150 valence electrons. The van der Waals surface area contributed by atoms with E-state index in [0.717, 1.165) is 13.1 Å². The summed E-state index contributed by atoms with van der Waals surface area (Å²) in [5.74, 6) is 0.363. The number of non-ortho nitro benzene ring substituents is 1. The Morgan fingerprint density at radius 2 is 1.74 bits per heavy atom. The minimum absolute atomic E-state index is 0. The van der Waals surface area contributed by atoms with Crippen molar-refractivity contribution in [3.05, 3.63) is 34.4 Å². The minimum Gasteiger partial charge on any atom is -0.340 e. The van der Waals surface area contributed by atoms with E-state index in [0.29, 0.717) is 19.0 Å². The molecule has 9 nitrogen and oxygen atoms in total. The molecule has 3 rings (SSSR count). The number of halogens is 1. The molecule has 2 aliphatic heterocycles. The van der Waals surface area contributed by atoms with Crippen LogP contribution in [0.4, 0.5) is 5.69 Å². The van der Waals surface area contributed by atoms with Crippen molar-refractivity contribution in [2.24, 2.45) is 11.8 Å². The number of piperazine rings is 1. The van der Waals surface area contributed by atoms with Gasteiger partial charge in [-0.3, -0.25) is 14.9 Å². The van der Waals surface area contributed by atoms with Gasteiger partial charge in [0.2, 0.25) is 15.9 Å². The molecule has 1 aromatic carbocycles. The zero-order valence-electron chi connectivity index (χ0n) is 14.9. The second kappa shape index (κ2) is 8.51. The summed E-state index contributed by atoms with van der Waals surface area (Å²) in [5, 5.41) is 13.9. The first kappa shape index (κ1) is 21.5. The fraction of sp³-hybridized carbons (Fsp3) is 0.562. The third kappa shape index (κ3) is 4.40. The van der Waals surface area contributed by atoms with Gasteiger partial charge in [-0.15, -0.1) is 12.4 Å². The molecule has 1 amide bonds. The van der Waals surface area contributed by atoms with Gasteiger partial charge in [-0.1, -0.05) is 6.92 Å². The summed E-state index contributed by atoms with van der Waals surface area (Å²) in [7, 11) is -3.72. The molecule has 0 aromatic heterocycles. The standard InChI is InChI=1S/C16H22N4O5S.ClH/c1-12(13-10-17-11-13)16(21)18-6-8-19(9-7-18)26(24,25)15-4-2-14(3-5-15)20(22)23;/h2-5,12-13,17H,6-11H2,1H3;1H. The number of amides is 1. The molecule has 0 spiro atoms. The summed E-state index contributed by atoms with van der Waals surface area (Å²) in [6.45, 7) is 4.78. The minimum atomic E-state index is -3.72. The largest absolute Gasteiger partial charge is 0.340 e. The van der Waals surface area contributed by atoms with Crippen LogP contribution in [0.25, 0.3) is 0 Å². The van der Waals surface area contributed by atoms with Crippen molar-refractivity contribution in [2.75, 3.05) is 39.3 Å². The fourth-order valence-corrected chi connectivity index (χ4v) is 4.61. The molecule has 1 atom stereocenters. The molecule has 0 aliphatic carbocycles. The van der Waals surface area contributed by atoms with E-state index in [1.54, 1.807) is 4.90 Å². The predicted octanol–water partition coefficient (Wildman–Crippen LogP) is 0.705. The molecule has 2 saturated heterocycles. The lowest BCUT2D eigenvalue weighted by atomic mass is 9.88. The number of carbonyl (C=O) groups is 1. The van der Waals surface area contributed by atoms with Gasteiger partial charge in [0.15, 0.2) is 0 Å². The lowest BCUT2D eigenvalue weighted by Gasteiger charge is -2.38. The van der Waals surface area contributed by atoms with Crippen LogP contribution in [0, 0.1) is 22.0 Å². The molecule has 0 bridgehead atoms. The molecule has 27 heavy (non-hydrogen) atoms. The molecule has 1 N–H and O–H groups in total. The Balaban J connectivity index is 0.00000261. The van der Waals surface area contributed by atoms with Gasteiger partial charge >= 0.3 is 0 Å². The van der Waals surface area contributed by atoms with Crippen LogP contribution < -0.4 is 5.32 Å². The topological polar surface area (TPSA) is 113 Å². The van der Waals surface area contributed by atoms with E-state index in [-0.39, 0.29) is 47.9 Å². The van der Waals surface area contributed by atoms with Crippen molar-refractivity contribution in [1.82, 2.24) is 14.5 Å². The molecule has 1 unspecified atom stereocenters. The predicted molar refractivity (Wildman–Crippen MR) is 101 cm³/mol. The van der Waals surface area contributed by atoms with E-state index in [2.05, 4.69) is 5.32 Å².